The van der Waals surface area contributed by atoms with Gasteiger partial charge in [-0.05, 0) is 20.3 Å². The molecular formula is C8H18O2. The Bertz CT molecular complexity index is 79.3. The van der Waals surface area contributed by atoms with E-state index in [0.717, 1.165) is 13.0 Å². The molecule has 0 amide bonds. The minimum Gasteiger partial charge on any atom is -0.378 e. The zero-order valence-corrected chi connectivity index (χ0v) is 7.44. The van der Waals surface area contributed by atoms with Crippen molar-refractivity contribution in [3.8, 4) is 0 Å². The van der Waals surface area contributed by atoms with Crippen molar-refractivity contribution in [2.24, 2.45) is 0 Å². The van der Waals surface area contributed by atoms with Gasteiger partial charge in [0.1, 0.15) is 0 Å². The number of ether oxygens (including phenoxy) is 2. The lowest BCUT2D eigenvalue weighted by Gasteiger charge is -2.22. The number of rotatable bonds is 5. The molecule has 0 heterocycles. The zero-order chi connectivity index (χ0) is 8.04. The minimum absolute atomic E-state index is 0.130. The van der Waals surface area contributed by atoms with E-state index in [1.54, 1.807) is 7.11 Å². The predicted octanol–water partition coefficient (Wildman–Crippen LogP) is 1.84. The van der Waals surface area contributed by atoms with E-state index in [4.69, 9.17) is 9.47 Å². The molecule has 0 rings (SSSR count). The topological polar surface area (TPSA) is 18.5 Å². The third-order valence-corrected chi connectivity index (χ3v) is 1.35. The van der Waals surface area contributed by atoms with Crippen molar-refractivity contribution in [1.82, 2.24) is 0 Å². The highest BCUT2D eigenvalue weighted by atomic mass is 16.5. The van der Waals surface area contributed by atoms with E-state index < -0.39 is 0 Å². The van der Waals surface area contributed by atoms with Crippen LogP contribution in [0.5, 0.6) is 0 Å². The molecule has 2 heteroatoms. The summed E-state index contributed by atoms with van der Waals surface area (Å²) in [6.07, 6.45) is 1.07. The van der Waals surface area contributed by atoms with E-state index in [0.29, 0.717) is 6.61 Å². The zero-order valence-electron chi connectivity index (χ0n) is 7.44. The molecule has 0 aliphatic rings. The summed E-state index contributed by atoms with van der Waals surface area (Å²) in [4.78, 5) is 0. The maximum Gasteiger partial charge on any atom is 0.0855 e. The van der Waals surface area contributed by atoms with Crippen molar-refractivity contribution < 1.29 is 9.47 Å². The molecule has 0 aliphatic heterocycles. The Morgan fingerprint density at radius 2 is 1.90 bits per heavy atom. The summed E-state index contributed by atoms with van der Waals surface area (Å²) in [5.41, 5.74) is -0.130. The molecule has 2 nitrogen and oxygen atoms in total. The fourth-order valence-electron chi connectivity index (χ4n) is 0.521. The molecule has 0 spiro atoms. The van der Waals surface area contributed by atoms with Gasteiger partial charge in [0, 0.05) is 13.7 Å². The maximum atomic E-state index is 5.31. The molecule has 0 radical (unpaired) electrons. The molecule has 0 atom stereocenters. The Labute approximate surface area is 63.5 Å². The summed E-state index contributed by atoms with van der Waals surface area (Å²) in [7, 11) is 1.70. The second-order valence-electron chi connectivity index (χ2n) is 3.02. The molecule has 0 unspecified atom stereocenters. The first kappa shape index (κ1) is 9.92. The van der Waals surface area contributed by atoms with E-state index in [-0.39, 0.29) is 5.60 Å². The summed E-state index contributed by atoms with van der Waals surface area (Å²) >= 11 is 0. The van der Waals surface area contributed by atoms with E-state index >= 15 is 0 Å². The molecule has 0 fully saturated rings. The van der Waals surface area contributed by atoms with Gasteiger partial charge in [-0.1, -0.05) is 6.92 Å². The van der Waals surface area contributed by atoms with Crippen molar-refractivity contribution in [3.63, 3.8) is 0 Å². The Hall–Kier alpha value is -0.0800. The summed E-state index contributed by atoms with van der Waals surface area (Å²) < 4.78 is 10.5. The molecule has 62 valence electrons. The molecule has 0 aromatic rings. The van der Waals surface area contributed by atoms with Gasteiger partial charge in [-0.25, -0.2) is 0 Å². The van der Waals surface area contributed by atoms with Crippen LogP contribution in [0.2, 0.25) is 0 Å². The standard InChI is InChI=1S/C8H18O2/c1-5-6-10-7-8(2,3)9-4/h5-7H2,1-4H3. The first-order valence-electron chi connectivity index (χ1n) is 3.75. The highest BCUT2D eigenvalue weighted by molar-refractivity contribution is 4.65. The lowest BCUT2D eigenvalue weighted by Crippen LogP contribution is -2.29. The van der Waals surface area contributed by atoms with Crippen LogP contribution in [0.25, 0.3) is 0 Å². The molecule has 0 bridgehead atoms. The number of hydrogen-bond donors (Lipinski definition) is 0. The van der Waals surface area contributed by atoms with Crippen LogP contribution in [0.1, 0.15) is 27.2 Å². The van der Waals surface area contributed by atoms with Crippen molar-refractivity contribution >= 4 is 0 Å². The largest absolute Gasteiger partial charge is 0.378 e. The summed E-state index contributed by atoms with van der Waals surface area (Å²) in [5.74, 6) is 0. The molecule has 0 N–H and O–H groups in total. The third-order valence-electron chi connectivity index (χ3n) is 1.35. The van der Waals surface area contributed by atoms with Gasteiger partial charge in [-0.3, -0.25) is 0 Å². The van der Waals surface area contributed by atoms with Gasteiger partial charge in [-0.15, -0.1) is 0 Å². The molecule has 0 aromatic heterocycles. The average Bonchev–Trinajstić information content (AvgIpc) is 1.89. The highest BCUT2D eigenvalue weighted by Crippen LogP contribution is 2.07. The summed E-state index contributed by atoms with van der Waals surface area (Å²) in [6.45, 7) is 7.63. The predicted molar refractivity (Wildman–Crippen MR) is 42.2 cm³/mol. The van der Waals surface area contributed by atoms with Crippen LogP contribution in [-0.2, 0) is 9.47 Å². The van der Waals surface area contributed by atoms with E-state index in [1.807, 2.05) is 13.8 Å². The summed E-state index contributed by atoms with van der Waals surface area (Å²) in [5, 5.41) is 0. The van der Waals surface area contributed by atoms with E-state index in [1.165, 1.54) is 0 Å². The Morgan fingerprint density at radius 1 is 1.30 bits per heavy atom. The second-order valence-corrected chi connectivity index (χ2v) is 3.02. The van der Waals surface area contributed by atoms with Gasteiger partial charge in [0.25, 0.3) is 0 Å². The average molecular weight is 146 g/mol. The van der Waals surface area contributed by atoms with Gasteiger partial charge < -0.3 is 9.47 Å². The Kier molecular flexibility index (Phi) is 4.65. The smallest absolute Gasteiger partial charge is 0.0855 e. The summed E-state index contributed by atoms with van der Waals surface area (Å²) in [6, 6.07) is 0. The maximum absolute atomic E-state index is 5.31. The fourth-order valence-corrected chi connectivity index (χ4v) is 0.521. The lowest BCUT2D eigenvalue weighted by molar-refractivity contribution is -0.0504. The molecule has 0 aliphatic carbocycles. The molecule has 0 aromatic carbocycles. The van der Waals surface area contributed by atoms with E-state index in [9.17, 15) is 0 Å². The van der Waals surface area contributed by atoms with Crippen LogP contribution < -0.4 is 0 Å². The Morgan fingerprint density at radius 3 is 2.30 bits per heavy atom. The van der Waals surface area contributed by atoms with Gasteiger partial charge in [-0.2, -0.15) is 0 Å². The Balaban J connectivity index is 3.28. The lowest BCUT2D eigenvalue weighted by atomic mass is 10.1. The van der Waals surface area contributed by atoms with Crippen molar-refractivity contribution in [1.29, 1.82) is 0 Å². The second kappa shape index (κ2) is 4.69. The van der Waals surface area contributed by atoms with Crippen molar-refractivity contribution in [2.45, 2.75) is 32.8 Å². The van der Waals surface area contributed by atoms with Crippen molar-refractivity contribution in [3.05, 3.63) is 0 Å². The first-order valence-corrected chi connectivity index (χ1v) is 3.75. The molecular weight excluding hydrogens is 128 g/mol. The quantitative estimate of drug-likeness (QED) is 0.551. The van der Waals surface area contributed by atoms with Crippen LogP contribution in [0, 0.1) is 0 Å². The van der Waals surface area contributed by atoms with Gasteiger partial charge >= 0.3 is 0 Å². The fraction of sp³-hybridized carbons (Fsp3) is 1.00. The van der Waals surface area contributed by atoms with Crippen LogP contribution in [0.4, 0.5) is 0 Å². The normalized spacial score (nSPS) is 12.0. The van der Waals surface area contributed by atoms with Crippen LogP contribution >= 0.6 is 0 Å². The number of hydrogen-bond acceptors (Lipinski definition) is 2. The van der Waals surface area contributed by atoms with Crippen molar-refractivity contribution in [2.75, 3.05) is 20.3 Å². The molecule has 0 saturated heterocycles. The molecule has 0 saturated carbocycles. The van der Waals surface area contributed by atoms with Gasteiger partial charge in [0.2, 0.25) is 0 Å². The monoisotopic (exact) mass is 146 g/mol. The SMILES string of the molecule is CCCOCC(C)(C)OC. The highest BCUT2D eigenvalue weighted by Gasteiger charge is 2.15. The third kappa shape index (κ3) is 4.77. The van der Waals surface area contributed by atoms with Crippen LogP contribution in [0.3, 0.4) is 0 Å². The van der Waals surface area contributed by atoms with Gasteiger partial charge in [0.15, 0.2) is 0 Å². The van der Waals surface area contributed by atoms with Crippen LogP contribution in [-0.4, -0.2) is 25.9 Å². The van der Waals surface area contributed by atoms with E-state index in [2.05, 4.69) is 6.92 Å². The first-order chi connectivity index (χ1) is 4.62. The van der Waals surface area contributed by atoms with Gasteiger partial charge in [0.05, 0.1) is 12.2 Å². The minimum atomic E-state index is -0.130. The number of methoxy groups -OCH3 is 1. The molecule has 10 heavy (non-hydrogen) atoms. The van der Waals surface area contributed by atoms with Crippen LogP contribution in [0.15, 0.2) is 0 Å².